The number of nitrogens with one attached hydrogen (secondary N) is 1. The van der Waals surface area contributed by atoms with Gasteiger partial charge >= 0.3 is 0 Å². The highest BCUT2D eigenvalue weighted by Gasteiger charge is 2.45. The lowest BCUT2D eigenvalue weighted by atomic mass is 9.87. The van der Waals surface area contributed by atoms with Gasteiger partial charge in [-0.15, -0.1) is 0 Å². The Morgan fingerprint density at radius 1 is 1.23 bits per heavy atom. The maximum absolute atomic E-state index is 14.5. The molecule has 140 valence electrons. The fourth-order valence-corrected chi connectivity index (χ4v) is 4.11. The Kier molecular flexibility index (Phi) is 4.44. The number of ether oxygens (including phenoxy) is 1. The molecule has 1 N–H and O–H groups in total. The summed E-state index contributed by atoms with van der Waals surface area (Å²) >= 11 is 0. The predicted octanol–water partition coefficient (Wildman–Crippen LogP) is 3.20. The number of piperidine rings is 1. The number of nitrogens with zero attached hydrogens (tertiary/aromatic N) is 3. The first-order valence-electron chi connectivity index (χ1n) is 9.06. The topological polar surface area (TPSA) is 42.3 Å². The van der Waals surface area contributed by atoms with Crippen LogP contribution in [0.1, 0.15) is 26.2 Å². The molecule has 2 saturated heterocycles. The van der Waals surface area contributed by atoms with Gasteiger partial charge < -0.3 is 19.5 Å². The summed E-state index contributed by atoms with van der Waals surface area (Å²) in [6.45, 7) is 4.06. The van der Waals surface area contributed by atoms with Gasteiger partial charge in [0.2, 0.25) is 0 Å². The van der Waals surface area contributed by atoms with Crippen molar-refractivity contribution >= 4 is 5.69 Å². The number of imidazole rings is 1. The lowest BCUT2D eigenvalue weighted by Crippen LogP contribution is -2.42. The fourth-order valence-electron chi connectivity index (χ4n) is 4.11. The van der Waals surface area contributed by atoms with E-state index in [9.17, 15) is 8.78 Å². The number of likely N-dealkylation sites (tertiary alicyclic amines) is 1. The van der Waals surface area contributed by atoms with Crippen molar-refractivity contribution in [2.45, 2.75) is 43.9 Å². The number of rotatable bonds is 3. The second-order valence-corrected chi connectivity index (χ2v) is 7.52. The van der Waals surface area contributed by atoms with Gasteiger partial charge in [-0.3, -0.25) is 0 Å². The number of anilines is 1. The summed E-state index contributed by atoms with van der Waals surface area (Å²) in [6.07, 6.45) is 7.23. The highest BCUT2D eigenvalue weighted by molar-refractivity contribution is 5.51. The highest BCUT2D eigenvalue weighted by atomic mass is 19.1. The zero-order chi connectivity index (χ0) is 18.3. The Bertz CT molecular complexity index is 749. The van der Waals surface area contributed by atoms with Crippen LogP contribution < -0.4 is 5.32 Å². The molecule has 0 radical (unpaired) electrons. The molecule has 0 aliphatic carbocycles. The molecule has 7 heteroatoms. The lowest BCUT2D eigenvalue weighted by molar-refractivity contribution is -0.0686. The van der Waals surface area contributed by atoms with Gasteiger partial charge in [-0.1, -0.05) is 0 Å². The minimum Gasteiger partial charge on any atom is -0.379 e. The molecule has 2 unspecified atom stereocenters. The second-order valence-electron chi connectivity index (χ2n) is 7.52. The smallest absolute Gasteiger partial charge is 0.152 e. The molecule has 26 heavy (non-hydrogen) atoms. The van der Waals surface area contributed by atoms with Crippen molar-refractivity contribution in [2.75, 3.05) is 25.5 Å². The summed E-state index contributed by atoms with van der Waals surface area (Å²) in [5.41, 5.74) is 0.210. The molecule has 2 aromatic rings. The van der Waals surface area contributed by atoms with Crippen LogP contribution >= 0.6 is 0 Å². The molecule has 2 aliphatic heterocycles. The number of aromatic nitrogens is 2. The summed E-state index contributed by atoms with van der Waals surface area (Å²) in [5.74, 6) is -1.24. The summed E-state index contributed by atoms with van der Waals surface area (Å²) < 4.78 is 36.6. The molecular weight excluding hydrogens is 338 g/mol. The Hall–Kier alpha value is -1.99. The maximum atomic E-state index is 14.5. The van der Waals surface area contributed by atoms with Gasteiger partial charge in [0.15, 0.2) is 11.6 Å². The minimum absolute atomic E-state index is 0.00199. The van der Waals surface area contributed by atoms with Crippen LogP contribution in [0.5, 0.6) is 0 Å². The van der Waals surface area contributed by atoms with Gasteiger partial charge in [0, 0.05) is 31.2 Å². The van der Waals surface area contributed by atoms with Crippen LogP contribution in [0.4, 0.5) is 14.5 Å². The van der Waals surface area contributed by atoms with E-state index < -0.39 is 11.6 Å². The maximum Gasteiger partial charge on any atom is 0.152 e. The van der Waals surface area contributed by atoms with Gasteiger partial charge in [0.1, 0.15) is 5.69 Å². The zero-order valence-corrected chi connectivity index (χ0v) is 15.1. The third kappa shape index (κ3) is 3.21. The molecule has 3 heterocycles. The Morgan fingerprint density at radius 2 is 1.92 bits per heavy atom. The molecule has 2 atom stereocenters. The minimum atomic E-state index is -0.619. The molecule has 5 nitrogen and oxygen atoms in total. The molecule has 1 spiro atoms. The number of hydrogen-bond acceptors (Lipinski definition) is 4. The van der Waals surface area contributed by atoms with Crippen LogP contribution in [0, 0.1) is 11.6 Å². The van der Waals surface area contributed by atoms with Gasteiger partial charge in [-0.05, 0) is 45.4 Å². The van der Waals surface area contributed by atoms with Crippen LogP contribution in [0.25, 0.3) is 5.69 Å². The van der Waals surface area contributed by atoms with Crippen LogP contribution in [0.2, 0.25) is 0 Å². The predicted molar refractivity (Wildman–Crippen MR) is 95.5 cm³/mol. The van der Waals surface area contributed by atoms with Crippen molar-refractivity contribution in [3.63, 3.8) is 0 Å². The van der Waals surface area contributed by atoms with Crippen LogP contribution in [-0.2, 0) is 4.74 Å². The SMILES string of the molecule is CC1OC2(CCN(C)CC2)CC1Nc1cc(F)c(-n2ccnc2)c(F)c1. The molecule has 1 aromatic carbocycles. The van der Waals surface area contributed by atoms with Crippen LogP contribution in [-0.4, -0.2) is 52.3 Å². The summed E-state index contributed by atoms with van der Waals surface area (Å²) in [5, 5.41) is 3.28. The third-order valence-electron chi connectivity index (χ3n) is 5.62. The van der Waals surface area contributed by atoms with Crippen molar-refractivity contribution in [1.29, 1.82) is 0 Å². The Morgan fingerprint density at radius 3 is 2.54 bits per heavy atom. The molecular formula is C19H24F2N4O. The molecule has 1 aromatic heterocycles. The van der Waals surface area contributed by atoms with E-state index >= 15 is 0 Å². The Balaban J connectivity index is 1.51. The van der Waals surface area contributed by atoms with E-state index in [1.54, 1.807) is 0 Å². The summed E-state index contributed by atoms with van der Waals surface area (Å²) in [6, 6.07) is 2.71. The third-order valence-corrected chi connectivity index (χ3v) is 5.62. The highest BCUT2D eigenvalue weighted by Crippen LogP contribution is 2.40. The van der Waals surface area contributed by atoms with Crippen molar-refractivity contribution in [3.8, 4) is 5.69 Å². The van der Waals surface area contributed by atoms with E-state index in [0.29, 0.717) is 5.69 Å². The Labute approximate surface area is 152 Å². The van der Waals surface area contributed by atoms with Gasteiger partial charge in [-0.2, -0.15) is 0 Å². The number of halogens is 2. The number of benzene rings is 1. The quantitative estimate of drug-likeness (QED) is 0.911. The van der Waals surface area contributed by atoms with Crippen molar-refractivity contribution in [2.24, 2.45) is 0 Å². The average molecular weight is 362 g/mol. The molecule has 0 bridgehead atoms. The normalized spacial score (nSPS) is 25.7. The second kappa shape index (κ2) is 6.63. The monoisotopic (exact) mass is 362 g/mol. The van der Waals surface area contributed by atoms with E-state index in [-0.39, 0.29) is 23.4 Å². The molecule has 0 amide bonds. The lowest BCUT2D eigenvalue weighted by Gasteiger charge is -2.37. The molecule has 2 aliphatic rings. The standard InChI is InChI=1S/C19H24F2N4O/c1-13-17(11-19(26-13)3-6-24(2)7-4-19)23-14-9-15(20)18(16(21)10-14)25-8-5-22-12-25/h5,8-10,12-13,17,23H,3-4,6-7,11H2,1-2H3. The van der Waals surface area contributed by atoms with E-state index in [0.717, 1.165) is 32.4 Å². The average Bonchev–Trinajstić information content (AvgIpc) is 3.20. The van der Waals surface area contributed by atoms with E-state index in [1.807, 2.05) is 6.92 Å². The first-order chi connectivity index (χ1) is 12.5. The van der Waals surface area contributed by atoms with E-state index in [2.05, 4.69) is 22.2 Å². The van der Waals surface area contributed by atoms with Crippen molar-refractivity contribution in [3.05, 3.63) is 42.5 Å². The van der Waals surface area contributed by atoms with Crippen molar-refractivity contribution < 1.29 is 13.5 Å². The van der Waals surface area contributed by atoms with E-state index in [4.69, 9.17) is 4.74 Å². The molecule has 4 rings (SSSR count). The largest absolute Gasteiger partial charge is 0.379 e. The number of hydrogen-bond donors (Lipinski definition) is 1. The zero-order valence-electron chi connectivity index (χ0n) is 15.1. The van der Waals surface area contributed by atoms with Gasteiger partial charge in [-0.25, -0.2) is 13.8 Å². The first-order valence-corrected chi connectivity index (χ1v) is 9.06. The van der Waals surface area contributed by atoms with Gasteiger partial charge in [0.05, 0.1) is 24.1 Å². The molecule has 0 saturated carbocycles. The van der Waals surface area contributed by atoms with Crippen LogP contribution in [0.15, 0.2) is 30.9 Å². The summed E-state index contributed by atoms with van der Waals surface area (Å²) in [4.78, 5) is 6.15. The van der Waals surface area contributed by atoms with Crippen molar-refractivity contribution in [1.82, 2.24) is 14.5 Å². The van der Waals surface area contributed by atoms with E-state index in [1.165, 1.54) is 35.4 Å². The first kappa shape index (κ1) is 17.4. The summed E-state index contributed by atoms with van der Waals surface area (Å²) in [7, 11) is 2.12. The van der Waals surface area contributed by atoms with Gasteiger partial charge in [0.25, 0.3) is 0 Å². The fraction of sp³-hybridized carbons (Fsp3) is 0.526. The molecule has 2 fully saturated rings. The van der Waals surface area contributed by atoms with Crippen LogP contribution in [0.3, 0.4) is 0 Å².